The van der Waals surface area contributed by atoms with Crippen molar-refractivity contribution in [1.82, 2.24) is 5.32 Å². The third-order valence-corrected chi connectivity index (χ3v) is 3.00. The monoisotopic (exact) mass is 247 g/mol. The number of nitrogens with one attached hydrogen (secondary N) is 1. The molecule has 1 N–H and O–H groups in total. The molecule has 0 heterocycles. The van der Waals surface area contributed by atoms with Gasteiger partial charge in [0.2, 0.25) is 5.91 Å². The van der Waals surface area contributed by atoms with E-state index < -0.39 is 0 Å². The first kappa shape index (κ1) is 13.1. The molecular weight excluding hydrogens is 226 g/mol. The third kappa shape index (κ3) is 3.84. The SMILES string of the molecule is CC(C)(C)OCC(=O)NC1CC1c1ccccc1. The molecule has 1 saturated carbocycles. The molecule has 0 radical (unpaired) electrons. The van der Waals surface area contributed by atoms with Crippen molar-refractivity contribution in [2.45, 2.75) is 44.8 Å². The second-order valence-electron chi connectivity index (χ2n) is 5.83. The normalized spacial score (nSPS) is 22.6. The van der Waals surface area contributed by atoms with Crippen molar-refractivity contribution in [1.29, 1.82) is 0 Å². The first-order valence-corrected chi connectivity index (χ1v) is 6.44. The Hall–Kier alpha value is -1.35. The summed E-state index contributed by atoms with van der Waals surface area (Å²) in [5.41, 5.74) is 1.04. The number of carbonyl (C=O) groups is 1. The van der Waals surface area contributed by atoms with Crippen LogP contribution in [-0.4, -0.2) is 24.2 Å². The summed E-state index contributed by atoms with van der Waals surface area (Å²) in [6.45, 7) is 5.99. The molecule has 0 saturated heterocycles. The zero-order chi connectivity index (χ0) is 13.2. The molecule has 2 atom stereocenters. The summed E-state index contributed by atoms with van der Waals surface area (Å²) < 4.78 is 5.45. The number of ether oxygens (including phenoxy) is 1. The van der Waals surface area contributed by atoms with Gasteiger partial charge in [0.15, 0.2) is 0 Å². The first-order valence-electron chi connectivity index (χ1n) is 6.44. The minimum atomic E-state index is -0.264. The Morgan fingerprint density at radius 1 is 1.33 bits per heavy atom. The lowest BCUT2D eigenvalue weighted by atomic mass is 10.1. The summed E-state index contributed by atoms with van der Waals surface area (Å²) in [6.07, 6.45) is 1.03. The molecule has 18 heavy (non-hydrogen) atoms. The number of benzene rings is 1. The van der Waals surface area contributed by atoms with Crippen molar-refractivity contribution >= 4 is 5.91 Å². The Kier molecular flexibility index (Phi) is 3.71. The van der Waals surface area contributed by atoms with Crippen LogP contribution < -0.4 is 5.32 Å². The highest BCUT2D eigenvalue weighted by Crippen LogP contribution is 2.40. The molecule has 0 aliphatic heterocycles. The van der Waals surface area contributed by atoms with Crippen LogP contribution in [0.2, 0.25) is 0 Å². The van der Waals surface area contributed by atoms with Gasteiger partial charge in [0, 0.05) is 12.0 Å². The van der Waals surface area contributed by atoms with Crippen molar-refractivity contribution in [3.05, 3.63) is 35.9 Å². The number of carbonyl (C=O) groups excluding carboxylic acids is 1. The molecule has 1 amide bonds. The van der Waals surface area contributed by atoms with E-state index in [4.69, 9.17) is 4.74 Å². The Balaban J connectivity index is 1.75. The molecule has 98 valence electrons. The van der Waals surface area contributed by atoms with Gasteiger partial charge in [-0.2, -0.15) is 0 Å². The molecule has 1 aromatic rings. The van der Waals surface area contributed by atoms with Crippen LogP contribution in [0.4, 0.5) is 0 Å². The highest BCUT2D eigenvalue weighted by atomic mass is 16.5. The summed E-state index contributed by atoms with van der Waals surface area (Å²) in [7, 11) is 0. The number of hydrogen-bond donors (Lipinski definition) is 1. The highest BCUT2D eigenvalue weighted by molar-refractivity contribution is 5.78. The molecule has 3 heteroatoms. The van der Waals surface area contributed by atoms with Crippen molar-refractivity contribution in [3.63, 3.8) is 0 Å². The zero-order valence-electron chi connectivity index (χ0n) is 11.3. The van der Waals surface area contributed by atoms with E-state index >= 15 is 0 Å². The molecule has 0 aromatic heterocycles. The maximum Gasteiger partial charge on any atom is 0.246 e. The Bertz CT molecular complexity index is 408. The third-order valence-electron chi connectivity index (χ3n) is 3.00. The molecule has 2 unspecified atom stereocenters. The van der Waals surface area contributed by atoms with Crippen LogP contribution in [0.1, 0.15) is 38.7 Å². The lowest BCUT2D eigenvalue weighted by Crippen LogP contribution is -2.33. The van der Waals surface area contributed by atoms with Crippen molar-refractivity contribution in [2.24, 2.45) is 0 Å². The van der Waals surface area contributed by atoms with Crippen molar-refractivity contribution < 1.29 is 9.53 Å². The summed E-state index contributed by atoms with van der Waals surface area (Å²) in [4.78, 5) is 11.7. The van der Waals surface area contributed by atoms with Gasteiger partial charge in [0.1, 0.15) is 6.61 Å². The van der Waals surface area contributed by atoms with Crippen LogP contribution in [0.15, 0.2) is 30.3 Å². The minimum Gasteiger partial charge on any atom is -0.366 e. The van der Waals surface area contributed by atoms with Gasteiger partial charge < -0.3 is 10.1 Å². The van der Waals surface area contributed by atoms with Gasteiger partial charge in [-0.1, -0.05) is 30.3 Å². The first-order chi connectivity index (χ1) is 8.46. The van der Waals surface area contributed by atoms with Crippen LogP contribution in [0.3, 0.4) is 0 Å². The van der Waals surface area contributed by atoms with Crippen molar-refractivity contribution in [3.8, 4) is 0 Å². The fourth-order valence-electron chi connectivity index (χ4n) is 1.95. The molecular formula is C15H21NO2. The molecule has 1 aliphatic rings. The van der Waals surface area contributed by atoms with Crippen LogP contribution in [0, 0.1) is 0 Å². The molecule has 2 rings (SSSR count). The van der Waals surface area contributed by atoms with Gasteiger partial charge >= 0.3 is 0 Å². The van der Waals surface area contributed by atoms with E-state index in [-0.39, 0.29) is 24.2 Å². The predicted octanol–water partition coefficient (Wildman–Crippen LogP) is 2.47. The Morgan fingerprint density at radius 3 is 2.61 bits per heavy atom. The molecule has 0 spiro atoms. The van der Waals surface area contributed by atoms with Crippen molar-refractivity contribution in [2.75, 3.05) is 6.61 Å². The molecule has 1 fully saturated rings. The average Bonchev–Trinajstić information content (AvgIpc) is 3.06. The molecule has 0 bridgehead atoms. The second-order valence-corrected chi connectivity index (χ2v) is 5.83. The lowest BCUT2D eigenvalue weighted by Gasteiger charge is -2.19. The van der Waals surface area contributed by atoms with E-state index in [1.165, 1.54) is 5.56 Å². The summed E-state index contributed by atoms with van der Waals surface area (Å²) in [5.74, 6) is 0.457. The van der Waals surface area contributed by atoms with Crippen LogP contribution >= 0.6 is 0 Å². The fraction of sp³-hybridized carbons (Fsp3) is 0.533. The standard InChI is InChI=1S/C15H21NO2/c1-15(2,3)18-10-14(17)16-13-9-12(13)11-7-5-4-6-8-11/h4-8,12-13H,9-10H2,1-3H3,(H,16,17). The van der Waals surface area contributed by atoms with Crippen LogP contribution in [0.25, 0.3) is 0 Å². The van der Waals surface area contributed by atoms with E-state index in [9.17, 15) is 4.79 Å². The van der Waals surface area contributed by atoms with E-state index in [0.717, 1.165) is 6.42 Å². The number of rotatable bonds is 4. The predicted molar refractivity (Wildman–Crippen MR) is 71.4 cm³/mol. The van der Waals surface area contributed by atoms with Gasteiger partial charge in [-0.15, -0.1) is 0 Å². The zero-order valence-corrected chi connectivity index (χ0v) is 11.3. The molecule has 1 aliphatic carbocycles. The van der Waals surface area contributed by atoms with Gasteiger partial charge in [-0.05, 0) is 32.8 Å². The quantitative estimate of drug-likeness (QED) is 0.887. The number of hydrogen-bond acceptors (Lipinski definition) is 2. The second kappa shape index (κ2) is 5.11. The largest absolute Gasteiger partial charge is 0.366 e. The summed E-state index contributed by atoms with van der Waals surface area (Å²) in [6, 6.07) is 10.6. The fourth-order valence-corrected chi connectivity index (χ4v) is 1.95. The topological polar surface area (TPSA) is 38.3 Å². The van der Waals surface area contributed by atoms with Gasteiger partial charge in [0.05, 0.1) is 5.60 Å². The smallest absolute Gasteiger partial charge is 0.246 e. The van der Waals surface area contributed by atoms with Crippen LogP contribution in [0.5, 0.6) is 0 Å². The Morgan fingerprint density at radius 2 is 2.00 bits per heavy atom. The van der Waals surface area contributed by atoms with Crippen LogP contribution in [-0.2, 0) is 9.53 Å². The Labute approximate surface area is 109 Å². The van der Waals surface area contributed by atoms with E-state index in [2.05, 4.69) is 17.4 Å². The maximum absolute atomic E-state index is 11.7. The molecule has 3 nitrogen and oxygen atoms in total. The average molecular weight is 247 g/mol. The van der Waals surface area contributed by atoms with Gasteiger partial charge in [-0.3, -0.25) is 4.79 Å². The maximum atomic E-state index is 11.7. The number of amides is 1. The summed E-state index contributed by atoms with van der Waals surface area (Å²) >= 11 is 0. The van der Waals surface area contributed by atoms with E-state index in [1.54, 1.807) is 0 Å². The highest BCUT2D eigenvalue weighted by Gasteiger charge is 2.39. The molecule has 1 aromatic carbocycles. The van der Waals surface area contributed by atoms with E-state index in [0.29, 0.717) is 5.92 Å². The summed E-state index contributed by atoms with van der Waals surface area (Å²) in [5, 5.41) is 3.01. The van der Waals surface area contributed by atoms with E-state index in [1.807, 2.05) is 39.0 Å². The minimum absolute atomic E-state index is 0.0200. The lowest BCUT2D eigenvalue weighted by molar-refractivity contribution is -0.130. The van der Waals surface area contributed by atoms with Gasteiger partial charge in [0.25, 0.3) is 0 Å². The van der Waals surface area contributed by atoms with Gasteiger partial charge in [-0.25, -0.2) is 0 Å².